The highest BCUT2D eigenvalue weighted by Crippen LogP contribution is 2.27. The number of ether oxygens (including phenoxy) is 1. The van der Waals surface area contributed by atoms with E-state index in [9.17, 15) is 9.18 Å². The molecule has 6 heteroatoms. The van der Waals surface area contributed by atoms with Gasteiger partial charge < -0.3 is 10.1 Å². The third-order valence-corrected chi connectivity index (χ3v) is 4.40. The first kappa shape index (κ1) is 17.7. The molecule has 3 nitrogen and oxygen atoms in total. The van der Waals surface area contributed by atoms with Crippen LogP contribution in [0.3, 0.4) is 0 Å². The van der Waals surface area contributed by atoms with E-state index < -0.39 is 5.60 Å². The van der Waals surface area contributed by atoms with Crippen molar-refractivity contribution in [3.05, 3.63) is 69.5 Å². The topological polar surface area (TPSA) is 38.3 Å². The second-order valence-corrected chi connectivity index (χ2v) is 6.04. The summed E-state index contributed by atoms with van der Waals surface area (Å²) in [4.78, 5) is 12.2. The average Bonchev–Trinajstić information content (AvgIpc) is 2.55. The fraction of sp³-hybridized carbons (Fsp3) is 0.235. The van der Waals surface area contributed by atoms with Gasteiger partial charge >= 0.3 is 0 Å². The molecule has 0 bridgehead atoms. The smallest absolute Gasteiger partial charge is 0.251 e. The van der Waals surface area contributed by atoms with Crippen molar-refractivity contribution in [2.75, 3.05) is 13.7 Å². The van der Waals surface area contributed by atoms with Gasteiger partial charge in [-0.1, -0.05) is 41.4 Å². The number of hydrogen-bond donors (Lipinski definition) is 1. The van der Waals surface area contributed by atoms with Gasteiger partial charge in [0.1, 0.15) is 11.4 Å². The maximum absolute atomic E-state index is 14.0. The van der Waals surface area contributed by atoms with Gasteiger partial charge in [-0.3, -0.25) is 4.79 Å². The van der Waals surface area contributed by atoms with E-state index in [4.69, 9.17) is 27.9 Å². The van der Waals surface area contributed by atoms with Gasteiger partial charge in [0.15, 0.2) is 0 Å². The Balaban J connectivity index is 2.15. The van der Waals surface area contributed by atoms with Crippen LogP contribution in [0.2, 0.25) is 10.0 Å². The maximum Gasteiger partial charge on any atom is 0.251 e. The van der Waals surface area contributed by atoms with Crippen LogP contribution in [0.15, 0.2) is 42.5 Å². The Kier molecular flexibility index (Phi) is 5.63. The summed E-state index contributed by atoms with van der Waals surface area (Å²) in [6.45, 7) is 1.81. The van der Waals surface area contributed by atoms with Crippen LogP contribution in [-0.4, -0.2) is 19.6 Å². The number of carbonyl (C=O) groups is 1. The summed E-state index contributed by atoms with van der Waals surface area (Å²) in [7, 11) is 1.47. The fourth-order valence-corrected chi connectivity index (χ4v) is 2.45. The number of amides is 1. The van der Waals surface area contributed by atoms with Crippen LogP contribution in [0.1, 0.15) is 22.8 Å². The lowest BCUT2D eigenvalue weighted by molar-refractivity contribution is 0.000389. The van der Waals surface area contributed by atoms with Crippen molar-refractivity contribution in [3.63, 3.8) is 0 Å². The van der Waals surface area contributed by atoms with Gasteiger partial charge in [-0.25, -0.2) is 4.39 Å². The molecule has 0 aromatic heterocycles. The lowest BCUT2D eigenvalue weighted by Crippen LogP contribution is -2.40. The largest absolute Gasteiger partial charge is 0.372 e. The minimum Gasteiger partial charge on any atom is -0.372 e. The van der Waals surface area contributed by atoms with E-state index in [1.165, 1.54) is 19.2 Å². The third kappa shape index (κ3) is 4.02. The van der Waals surface area contributed by atoms with Crippen molar-refractivity contribution in [3.8, 4) is 0 Å². The quantitative estimate of drug-likeness (QED) is 0.861. The lowest BCUT2D eigenvalue weighted by Gasteiger charge is -2.29. The van der Waals surface area contributed by atoms with Gasteiger partial charge in [-0.2, -0.15) is 0 Å². The number of benzene rings is 2. The van der Waals surface area contributed by atoms with Crippen LogP contribution in [0.4, 0.5) is 4.39 Å². The Bertz CT molecular complexity index is 723. The SMILES string of the molecule is COC(C)(CNC(=O)c1ccc(Cl)c(Cl)c1)c1ccccc1F. The first-order valence-corrected chi connectivity index (χ1v) is 7.66. The highest BCUT2D eigenvalue weighted by Gasteiger charge is 2.29. The maximum atomic E-state index is 14.0. The van der Waals surface area contributed by atoms with Crippen LogP contribution in [0.5, 0.6) is 0 Å². The number of carbonyl (C=O) groups excluding carboxylic acids is 1. The molecule has 2 rings (SSSR count). The molecule has 0 radical (unpaired) electrons. The minimum absolute atomic E-state index is 0.101. The highest BCUT2D eigenvalue weighted by atomic mass is 35.5. The van der Waals surface area contributed by atoms with Gasteiger partial charge in [0.25, 0.3) is 5.91 Å². The Hall–Kier alpha value is -1.62. The number of nitrogens with one attached hydrogen (secondary N) is 1. The standard InChI is InChI=1S/C17H16Cl2FNO2/c1-17(23-2,12-5-3-4-6-15(12)20)10-21-16(22)11-7-8-13(18)14(19)9-11/h3-9H,10H2,1-2H3,(H,21,22). The first-order chi connectivity index (χ1) is 10.9. The van der Waals surface area contributed by atoms with Crippen molar-refractivity contribution in [2.45, 2.75) is 12.5 Å². The summed E-state index contributed by atoms with van der Waals surface area (Å²) in [5.41, 5.74) is -0.250. The predicted octanol–water partition coefficient (Wildman–Crippen LogP) is 4.42. The fourth-order valence-electron chi connectivity index (χ4n) is 2.16. The molecule has 2 aromatic rings. The van der Waals surface area contributed by atoms with Crippen LogP contribution in [0, 0.1) is 5.82 Å². The van der Waals surface area contributed by atoms with E-state index in [2.05, 4.69) is 5.32 Å². The zero-order valence-corrected chi connectivity index (χ0v) is 14.2. The van der Waals surface area contributed by atoms with Gasteiger partial charge in [-0.15, -0.1) is 0 Å². The van der Waals surface area contributed by atoms with Crippen molar-refractivity contribution in [1.82, 2.24) is 5.32 Å². The van der Waals surface area contributed by atoms with Gasteiger partial charge in [-0.05, 0) is 31.2 Å². The van der Waals surface area contributed by atoms with Crippen LogP contribution >= 0.6 is 23.2 Å². The number of hydrogen-bond acceptors (Lipinski definition) is 2. The minimum atomic E-state index is -0.989. The average molecular weight is 356 g/mol. The molecule has 0 aliphatic heterocycles. The van der Waals surface area contributed by atoms with Crippen molar-refractivity contribution >= 4 is 29.1 Å². The Labute approximate surface area is 144 Å². The Morgan fingerprint density at radius 2 is 1.91 bits per heavy atom. The summed E-state index contributed by atoms with van der Waals surface area (Å²) in [5, 5.41) is 3.40. The van der Waals surface area contributed by atoms with E-state index in [1.54, 1.807) is 37.3 Å². The molecule has 0 fully saturated rings. The Morgan fingerprint density at radius 1 is 1.22 bits per heavy atom. The molecular formula is C17H16Cl2FNO2. The molecule has 1 amide bonds. The van der Waals surface area contributed by atoms with Crippen molar-refractivity contribution in [1.29, 1.82) is 0 Å². The summed E-state index contributed by atoms with van der Waals surface area (Å²) in [6.07, 6.45) is 0. The predicted molar refractivity (Wildman–Crippen MR) is 89.6 cm³/mol. The molecule has 0 aliphatic rings. The summed E-state index contributed by atoms with van der Waals surface area (Å²) >= 11 is 11.7. The third-order valence-electron chi connectivity index (χ3n) is 3.66. The van der Waals surface area contributed by atoms with Gasteiger partial charge in [0.2, 0.25) is 0 Å². The van der Waals surface area contributed by atoms with Gasteiger partial charge in [0, 0.05) is 18.2 Å². The molecule has 0 saturated heterocycles. The zero-order valence-electron chi connectivity index (χ0n) is 12.7. The van der Waals surface area contributed by atoms with E-state index in [0.29, 0.717) is 21.2 Å². The number of rotatable bonds is 5. The number of methoxy groups -OCH3 is 1. The monoisotopic (exact) mass is 355 g/mol. The summed E-state index contributed by atoms with van der Waals surface area (Å²) < 4.78 is 19.4. The molecule has 1 unspecified atom stereocenters. The van der Waals surface area contributed by atoms with E-state index >= 15 is 0 Å². The summed E-state index contributed by atoms with van der Waals surface area (Å²) in [5.74, 6) is -0.733. The van der Waals surface area contributed by atoms with E-state index in [-0.39, 0.29) is 18.3 Å². The zero-order chi connectivity index (χ0) is 17.0. The first-order valence-electron chi connectivity index (χ1n) is 6.91. The Morgan fingerprint density at radius 3 is 2.52 bits per heavy atom. The highest BCUT2D eigenvalue weighted by molar-refractivity contribution is 6.42. The molecule has 0 saturated carbocycles. The molecule has 2 aromatic carbocycles. The van der Waals surface area contributed by atoms with Crippen LogP contribution < -0.4 is 5.32 Å². The molecule has 1 N–H and O–H groups in total. The molecule has 122 valence electrons. The lowest BCUT2D eigenvalue weighted by atomic mass is 9.95. The molecular weight excluding hydrogens is 340 g/mol. The second-order valence-electron chi connectivity index (χ2n) is 5.23. The van der Waals surface area contributed by atoms with Crippen molar-refractivity contribution < 1.29 is 13.9 Å². The molecule has 0 heterocycles. The van der Waals surface area contributed by atoms with Gasteiger partial charge in [0.05, 0.1) is 16.6 Å². The summed E-state index contributed by atoms with van der Waals surface area (Å²) in [6, 6.07) is 10.9. The number of halogens is 3. The van der Waals surface area contributed by atoms with E-state index in [0.717, 1.165) is 0 Å². The normalized spacial score (nSPS) is 13.4. The van der Waals surface area contributed by atoms with Crippen molar-refractivity contribution in [2.24, 2.45) is 0 Å². The second kappa shape index (κ2) is 7.30. The molecule has 1 atom stereocenters. The molecule has 23 heavy (non-hydrogen) atoms. The van der Waals surface area contributed by atoms with E-state index in [1.807, 2.05) is 0 Å². The van der Waals surface area contributed by atoms with Crippen LogP contribution in [-0.2, 0) is 10.3 Å². The molecule has 0 aliphatic carbocycles. The molecule has 0 spiro atoms. The van der Waals surface area contributed by atoms with Crippen LogP contribution in [0.25, 0.3) is 0 Å².